The van der Waals surface area contributed by atoms with Crippen molar-refractivity contribution in [3.05, 3.63) is 53.2 Å². The molecule has 0 atom stereocenters. The first-order valence-electron chi connectivity index (χ1n) is 8.65. The molecule has 0 spiro atoms. The van der Waals surface area contributed by atoms with Crippen molar-refractivity contribution < 1.29 is 4.74 Å². The van der Waals surface area contributed by atoms with Crippen LogP contribution in [0.15, 0.2) is 47.6 Å². The maximum absolute atomic E-state index is 6.11. The molecule has 7 heteroatoms. The summed E-state index contributed by atoms with van der Waals surface area (Å²) < 4.78 is 5.31. The van der Waals surface area contributed by atoms with Crippen molar-refractivity contribution in [1.29, 1.82) is 0 Å². The molecule has 138 valence electrons. The summed E-state index contributed by atoms with van der Waals surface area (Å²) in [5, 5.41) is 4.18. The number of halogens is 1. The maximum Gasteiger partial charge on any atom is 0.218 e. The summed E-state index contributed by atoms with van der Waals surface area (Å²) in [6, 6.07) is 11.9. The number of piperazine rings is 1. The molecule has 1 aromatic carbocycles. The highest BCUT2D eigenvalue weighted by molar-refractivity contribution is 6.30. The summed E-state index contributed by atoms with van der Waals surface area (Å²) in [7, 11) is 3.45. The molecule has 3 rings (SSSR count). The van der Waals surface area contributed by atoms with Crippen LogP contribution in [0.3, 0.4) is 0 Å². The molecule has 2 heterocycles. The van der Waals surface area contributed by atoms with Gasteiger partial charge in [-0.2, -0.15) is 0 Å². The molecule has 1 fully saturated rings. The zero-order valence-electron chi connectivity index (χ0n) is 15.2. The van der Waals surface area contributed by atoms with E-state index in [2.05, 4.69) is 31.2 Å². The summed E-state index contributed by atoms with van der Waals surface area (Å²) in [6.45, 7) is 4.28. The number of rotatable bonds is 4. The Morgan fingerprint density at radius 1 is 1.23 bits per heavy atom. The predicted octanol–water partition coefficient (Wildman–Crippen LogP) is 2.64. The van der Waals surface area contributed by atoms with E-state index in [1.54, 1.807) is 13.3 Å². The van der Waals surface area contributed by atoms with Crippen molar-refractivity contribution >= 4 is 23.2 Å². The minimum atomic E-state index is 0.623. The van der Waals surface area contributed by atoms with Gasteiger partial charge >= 0.3 is 0 Å². The lowest BCUT2D eigenvalue weighted by molar-refractivity contribution is 0.370. The molecule has 0 amide bonds. The molecule has 1 saturated heterocycles. The number of pyridine rings is 1. The monoisotopic (exact) mass is 373 g/mol. The van der Waals surface area contributed by atoms with Gasteiger partial charge in [0.1, 0.15) is 0 Å². The van der Waals surface area contributed by atoms with Crippen molar-refractivity contribution in [2.45, 2.75) is 6.54 Å². The molecule has 1 N–H and O–H groups in total. The first-order valence-corrected chi connectivity index (χ1v) is 9.03. The van der Waals surface area contributed by atoms with Crippen LogP contribution in [0.4, 0.5) is 5.69 Å². The van der Waals surface area contributed by atoms with E-state index in [0.717, 1.165) is 42.7 Å². The van der Waals surface area contributed by atoms with E-state index >= 15 is 0 Å². The molecular formula is C19H24ClN5O. The fourth-order valence-corrected chi connectivity index (χ4v) is 3.28. The second kappa shape index (κ2) is 8.76. The van der Waals surface area contributed by atoms with Crippen LogP contribution in [0.2, 0.25) is 5.02 Å². The first-order chi connectivity index (χ1) is 12.7. The number of aliphatic imine (C=N–C) groups is 1. The van der Waals surface area contributed by atoms with Crippen molar-refractivity contribution in [3.8, 4) is 5.88 Å². The van der Waals surface area contributed by atoms with Crippen LogP contribution in [0.25, 0.3) is 0 Å². The number of aromatic nitrogens is 1. The van der Waals surface area contributed by atoms with Crippen molar-refractivity contribution in [3.63, 3.8) is 0 Å². The minimum Gasteiger partial charge on any atom is -0.481 e. The third-order valence-electron chi connectivity index (χ3n) is 4.44. The second-order valence-electron chi connectivity index (χ2n) is 6.03. The highest BCUT2D eigenvalue weighted by Gasteiger charge is 2.20. The van der Waals surface area contributed by atoms with Crippen LogP contribution < -0.4 is 15.0 Å². The third-order valence-corrected chi connectivity index (χ3v) is 4.68. The largest absolute Gasteiger partial charge is 0.481 e. The number of methoxy groups -OCH3 is 1. The number of hydrogen-bond donors (Lipinski definition) is 1. The van der Waals surface area contributed by atoms with Crippen molar-refractivity contribution in [1.82, 2.24) is 15.2 Å². The highest BCUT2D eigenvalue weighted by Crippen LogP contribution is 2.21. The zero-order valence-corrected chi connectivity index (χ0v) is 15.9. The Morgan fingerprint density at radius 3 is 2.73 bits per heavy atom. The summed E-state index contributed by atoms with van der Waals surface area (Å²) in [6.07, 6.45) is 1.73. The highest BCUT2D eigenvalue weighted by atomic mass is 35.5. The summed E-state index contributed by atoms with van der Waals surface area (Å²) in [5.74, 6) is 1.53. The number of nitrogens with one attached hydrogen (secondary N) is 1. The second-order valence-corrected chi connectivity index (χ2v) is 6.46. The molecule has 1 aromatic heterocycles. The zero-order chi connectivity index (χ0) is 18.4. The Labute approximate surface area is 159 Å². The average molecular weight is 374 g/mol. The topological polar surface area (TPSA) is 53.0 Å². The molecule has 1 aliphatic rings. The molecule has 0 aliphatic carbocycles. The maximum atomic E-state index is 6.11. The third kappa shape index (κ3) is 4.38. The Kier molecular flexibility index (Phi) is 6.17. The van der Waals surface area contributed by atoms with Gasteiger partial charge in [0.05, 0.1) is 7.11 Å². The average Bonchev–Trinajstić information content (AvgIpc) is 2.69. The number of ether oxygens (including phenoxy) is 1. The Bertz CT molecular complexity index is 759. The number of nitrogens with zero attached hydrogens (tertiary/aromatic N) is 4. The summed E-state index contributed by atoms with van der Waals surface area (Å²) in [5.41, 5.74) is 2.17. The quantitative estimate of drug-likeness (QED) is 0.659. The molecular weight excluding hydrogens is 350 g/mol. The van der Waals surface area contributed by atoms with Crippen LogP contribution in [0, 0.1) is 0 Å². The molecule has 1 aliphatic heterocycles. The van der Waals surface area contributed by atoms with Gasteiger partial charge in [0.15, 0.2) is 5.96 Å². The standard InChI is InChI=1S/C19H24ClN5O/c1-21-19(23-14-15-5-4-8-22-18(15)26-2)25-11-9-24(10-12-25)17-7-3-6-16(20)13-17/h3-8,13H,9-12,14H2,1-2H3,(H,21,23). The number of benzene rings is 1. The molecule has 2 aromatic rings. The predicted molar refractivity (Wildman–Crippen MR) is 106 cm³/mol. The van der Waals surface area contributed by atoms with E-state index in [-0.39, 0.29) is 0 Å². The smallest absolute Gasteiger partial charge is 0.218 e. The Morgan fingerprint density at radius 2 is 2.04 bits per heavy atom. The van der Waals surface area contributed by atoms with Crippen LogP contribution >= 0.6 is 11.6 Å². The molecule has 0 saturated carbocycles. The number of guanidine groups is 1. The fourth-order valence-electron chi connectivity index (χ4n) is 3.10. The first kappa shape index (κ1) is 18.3. The minimum absolute atomic E-state index is 0.623. The normalized spacial score (nSPS) is 15.1. The van der Waals surface area contributed by atoms with Gasteiger partial charge < -0.3 is 19.9 Å². The fraction of sp³-hybridized carbons (Fsp3) is 0.368. The van der Waals surface area contributed by atoms with E-state index < -0.39 is 0 Å². The van der Waals surface area contributed by atoms with Crippen LogP contribution in [0.1, 0.15) is 5.56 Å². The Balaban J connectivity index is 1.57. The lowest BCUT2D eigenvalue weighted by atomic mass is 10.2. The number of anilines is 1. The van der Waals surface area contributed by atoms with E-state index in [4.69, 9.17) is 16.3 Å². The lowest BCUT2D eigenvalue weighted by Gasteiger charge is -2.37. The van der Waals surface area contributed by atoms with Crippen LogP contribution in [-0.4, -0.2) is 56.2 Å². The van der Waals surface area contributed by atoms with Gasteiger partial charge in [0.25, 0.3) is 0 Å². The molecule has 0 radical (unpaired) electrons. The van der Waals surface area contributed by atoms with Crippen molar-refractivity contribution in [2.24, 2.45) is 4.99 Å². The van der Waals surface area contributed by atoms with E-state index in [9.17, 15) is 0 Å². The van der Waals surface area contributed by atoms with Gasteiger partial charge in [-0.15, -0.1) is 0 Å². The Hall–Kier alpha value is -2.47. The molecule has 6 nitrogen and oxygen atoms in total. The van der Waals surface area contributed by atoms with Gasteiger partial charge in [0.2, 0.25) is 5.88 Å². The van der Waals surface area contributed by atoms with Gasteiger partial charge in [-0.25, -0.2) is 4.98 Å². The SMILES string of the molecule is CN=C(NCc1cccnc1OC)N1CCN(c2cccc(Cl)c2)CC1. The van der Waals surface area contributed by atoms with E-state index in [1.807, 2.05) is 37.4 Å². The lowest BCUT2D eigenvalue weighted by Crippen LogP contribution is -2.52. The van der Waals surface area contributed by atoms with Crippen molar-refractivity contribution in [2.75, 3.05) is 45.2 Å². The van der Waals surface area contributed by atoms with Gasteiger partial charge in [-0.1, -0.05) is 23.7 Å². The molecule has 0 unspecified atom stereocenters. The van der Waals surface area contributed by atoms with E-state index in [1.165, 1.54) is 5.69 Å². The molecule has 0 bridgehead atoms. The molecule has 26 heavy (non-hydrogen) atoms. The van der Waals surface area contributed by atoms with Crippen LogP contribution in [0.5, 0.6) is 5.88 Å². The van der Waals surface area contributed by atoms with Gasteiger partial charge in [0, 0.05) is 62.2 Å². The van der Waals surface area contributed by atoms with Crippen LogP contribution in [-0.2, 0) is 6.54 Å². The summed E-state index contributed by atoms with van der Waals surface area (Å²) >= 11 is 6.11. The van der Waals surface area contributed by atoms with E-state index in [0.29, 0.717) is 12.4 Å². The van der Waals surface area contributed by atoms with Gasteiger partial charge in [-0.05, 0) is 24.3 Å². The summed E-state index contributed by atoms with van der Waals surface area (Å²) in [4.78, 5) is 13.3. The van der Waals surface area contributed by atoms with Gasteiger partial charge in [-0.3, -0.25) is 4.99 Å². The number of hydrogen-bond acceptors (Lipinski definition) is 4.